The second kappa shape index (κ2) is 5.72. The molecule has 1 rings (SSSR count). The van der Waals surface area contributed by atoms with Crippen molar-refractivity contribution >= 4 is 0 Å². The average Bonchev–Trinajstić information content (AvgIpc) is 2.28. The molecule has 0 aromatic heterocycles. The fourth-order valence-corrected chi connectivity index (χ4v) is 1.62. The molecule has 4 nitrogen and oxygen atoms in total. The molecule has 1 unspecified atom stereocenters. The normalized spacial score (nSPS) is 12.7. The fraction of sp³-hybridized carbons (Fsp3) is 0.500. The van der Waals surface area contributed by atoms with Gasteiger partial charge in [-0.05, 0) is 12.0 Å². The molecule has 0 aliphatic carbocycles. The van der Waals surface area contributed by atoms with Crippen LogP contribution in [0.15, 0.2) is 12.1 Å². The number of hydrogen-bond acceptors (Lipinski definition) is 4. The van der Waals surface area contributed by atoms with Crippen LogP contribution in [0.3, 0.4) is 0 Å². The molecule has 0 aliphatic heterocycles. The number of benzene rings is 1. The van der Waals surface area contributed by atoms with Crippen molar-refractivity contribution in [2.45, 2.75) is 32.3 Å². The summed E-state index contributed by atoms with van der Waals surface area (Å²) in [4.78, 5) is 0. The maximum Gasteiger partial charge on any atom is 0.161 e. The number of aliphatic hydroxyl groups is 2. The van der Waals surface area contributed by atoms with E-state index in [2.05, 4.69) is 0 Å². The van der Waals surface area contributed by atoms with E-state index in [9.17, 15) is 15.3 Å². The van der Waals surface area contributed by atoms with E-state index in [4.69, 9.17) is 5.11 Å². The first kappa shape index (κ1) is 12.8. The highest BCUT2D eigenvalue weighted by molar-refractivity contribution is 5.50. The highest BCUT2D eigenvalue weighted by Gasteiger charge is 2.13. The predicted octanol–water partition coefficient (Wildman–Crippen LogP) is 0.946. The third-order valence-corrected chi connectivity index (χ3v) is 2.50. The zero-order valence-electron chi connectivity index (χ0n) is 9.35. The van der Waals surface area contributed by atoms with E-state index in [1.165, 1.54) is 0 Å². The Balaban J connectivity index is 2.93. The first-order chi connectivity index (χ1) is 7.60. The smallest absolute Gasteiger partial charge is 0.161 e. The number of rotatable bonds is 5. The van der Waals surface area contributed by atoms with Crippen LogP contribution in [0.25, 0.3) is 0 Å². The van der Waals surface area contributed by atoms with Crippen LogP contribution in [-0.4, -0.2) is 33.1 Å². The molecular formula is C12H18O4. The quantitative estimate of drug-likeness (QED) is 0.563. The lowest BCUT2D eigenvalue weighted by Gasteiger charge is -2.12. The third kappa shape index (κ3) is 2.87. The average molecular weight is 226 g/mol. The molecule has 4 N–H and O–H groups in total. The molecule has 0 saturated heterocycles. The summed E-state index contributed by atoms with van der Waals surface area (Å²) in [5.74, 6) is -0.317. The Morgan fingerprint density at radius 3 is 2.25 bits per heavy atom. The molecule has 1 aromatic rings. The van der Waals surface area contributed by atoms with Crippen LogP contribution in [0.4, 0.5) is 0 Å². The standard InChI is InChI=1S/C12H18O4/c1-2-3-8-4-5-9(6-10(14)7-13)12(16)11(8)15/h4-5,10,13-16H,2-3,6-7H2,1H3. The van der Waals surface area contributed by atoms with Gasteiger partial charge in [0.2, 0.25) is 0 Å². The number of aryl methyl sites for hydroxylation is 1. The lowest BCUT2D eigenvalue weighted by atomic mass is 10.0. The van der Waals surface area contributed by atoms with Crippen molar-refractivity contribution in [3.63, 3.8) is 0 Å². The van der Waals surface area contributed by atoms with Gasteiger partial charge in [0.25, 0.3) is 0 Å². The number of hydrogen-bond donors (Lipinski definition) is 4. The zero-order chi connectivity index (χ0) is 12.1. The van der Waals surface area contributed by atoms with E-state index in [1.807, 2.05) is 6.92 Å². The summed E-state index contributed by atoms with van der Waals surface area (Å²) in [5, 5.41) is 37.4. The number of aliphatic hydroxyl groups excluding tert-OH is 2. The van der Waals surface area contributed by atoms with Gasteiger partial charge in [-0.15, -0.1) is 0 Å². The van der Waals surface area contributed by atoms with Crippen LogP contribution in [0.2, 0.25) is 0 Å². The fourth-order valence-electron chi connectivity index (χ4n) is 1.62. The Kier molecular flexibility index (Phi) is 4.58. The number of aromatic hydroxyl groups is 2. The Bertz CT molecular complexity index is 349. The Labute approximate surface area is 94.8 Å². The third-order valence-electron chi connectivity index (χ3n) is 2.50. The minimum atomic E-state index is -0.915. The maximum absolute atomic E-state index is 9.71. The zero-order valence-corrected chi connectivity index (χ0v) is 9.35. The second-order valence-corrected chi connectivity index (χ2v) is 3.87. The molecule has 0 saturated carbocycles. The van der Waals surface area contributed by atoms with Gasteiger partial charge in [0.05, 0.1) is 12.7 Å². The van der Waals surface area contributed by atoms with Crippen LogP contribution >= 0.6 is 0 Å². The number of phenolic OH excluding ortho intramolecular Hbond substituents is 2. The van der Waals surface area contributed by atoms with Gasteiger partial charge in [-0.2, -0.15) is 0 Å². The first-order valence-corrected chi connectivity index (χ1v) is 5.41. The van der Waals surface area contributed by atoms with E-state index in [0.29, 0.717) is 17.5 Å². The van der Waals surface area contributed by atoms with Crippen LogP contribution in [0.5, 0.6) is 11.5 Å². The molecule has 0 aliphatic rings. The molecular weight excluding hydrogens is 208 g/mol. The van der Waals surface area contributed by atoms with Crippen molar-refractivity contribution in [3.05, 3.63) is 23.3 Å². The summed E-state index contributed by atoms with van der Waals surface area (Å²) in [6.07, 6.45) is 0.790. The van der Waals surface area contributed by atoms with E-state index >= 15 is 0 Å². The lowest BCUT2D eigenvalue weighted by molar-refractivity contribution is 0.0949. The topological polar surface area (TPSA) is 80.9 Å². The van der Waals surface area contributed by atoms with Gasteiger partial charge in [0.1, 0.15) is 0 Å². The van der Waals surface area contributed by atoms with Gasteiger partial charge in [-0.3, -0.25) is 0 Å². The molecule has 16 heavy (non-hydrogen) atoms. The molecule has 0 heterocycles. The molecule has 0 amide bonds. The second-order valence-electron chi connectivity index (χ2n) is 3.87. The highest BCUT2D eigenvalue weighted by atomic mass is 16.3. The van der Waals surface area contributed by atoms with Gasteiger partial charge in [0, 0.05) is 12.0 Å². The Hall–Kier alpha value is -1.26. The Morgan fingerprint density at radius 2 is 1.69 bits per heavy atom. The monoisotopic (exact) mass is 226 g/mol. The maximum atomic E-state index is 9.71. The van der Waals surface area contributed by atoms with Crippen molar-refractivity contribution in [2.75, 3.05) is 6.61 Å². The van der Waals surface area contributed by atoms with E-state index in [0.717, 1.165) is 6.42 Å². The molecule has 1 aromatic carbocycles. The van der Waals surface area contributed by atoms with E-state index in [1.54, 1.807) is 12.1 Å². The van der Waals surface area contributed by atoms with Crippen LogP contribution in [-0.2, 0) is 12.8 Å². The summed E-state index contributed by atoms with van der Waals surface area (Å²) < 4.78 is 0. The van der Waals surface area contributed by atoms with Crippen molar-refractivity contribution < 1.29 is 20.4 Å². The van der Waals surface area contributed by atoms with Crippen LogP contribution in [0, 0.1) is 0 Å². The molecule has 90 valence electrons. The summed E-state index contributed by atoms with van der Waals surface area (Å²) in [7, 11) is 0. The van der Waals surface area contributed by atoms with Crippen molar-refractivity contribution in [1.82, 2.24) is 0 Å². The van der Waals surface area contributed by atoms with Gasteiger partial charge < -0.3 is 20.4 Å². The molecule has 4 heteroatoms. The SMILES string of the molecule is CCCc1ccc(CC(O)CO)c(O)c1O. The van der Waals surface area contributed by atoms with E-state index < -0.39 is 6.10 Å². The van der Waals surface area contributed by atoms with Gasteiger partial charge >= 0.3 is 0 Å². The highest BCUT2D eigenvalue weighted by Crippen LogP contribution is 2.33. The molecule has 0 spiro atoms. The van der Waals surface area contributed by atoms with Gasteiger partial charge in [0.15, 0.2) is 11.5 Å². The summed E-state index contributed by atoms with van der Waals surface area (Å²) in [5.41, 5.74) is 1.14. The number of phenols is 2. The lowest BCUT2D eigenvalue weighted by Crippen LogP contribution is -2.15. The summed E-state index contributed by atoms with van der Waals surface area (Å²) in [6.45, 7) is 1.62. The summed E-state index contributed by atoms with van der Waals surface area (Å²) in [6, 6.07) is 3.40. The molecule has 0 radical (unpaired) electrons. The van der Waals surface area contributed by atoms with Crippen molar-refractivity contribution in [2.24, 2.45) is 0 Å². The Morgan fingerprint density at radius 1 is 1.12 bits per heavy atom. The van der Waals surface area contributed by atoms with Crippen molar-refractivity contribution in [3.8, 4) is 11.5 Å². The minimum Gasteiger partial charge on any atom is -0.504 e. The van der Waals surface area contributed by atoms with Gasteiger partial charge in [-0.1, -0.05) is 25.5 Å². The first-order valence-electron chi connectivity index (χ1n) is 5.41. The largest absolute Gasteiger partial charge is 0.504 e. The van der Waals surface area contributed by atoms with Gasteiger partial charge in [-0.25, -0.2) is 0 Å². The van der Waals surface area contributed by atoms with Crippen molar-refractivity contribution in [1.29, 1.82) is 0 Å². The van der Waals surface area contributed by atoms with E-state index in [-0.39, 0.29) is 24.5 Å². The molecule has 0 fully saturated rings. The molecule has 1 atom stereocenters. The van der Waals surface area contributed by atoms with Crippen LogP contribution < -0.4 is 0 Å². The minimum absolute atomic E-state index is 0.121. The van der Waals surface area contributed by atoms with Crippen LogP contribution in [0.1, 0.15) is 24.5 Å². The molecule has 0 bridgehead atoms. The summed E-state index contributed by atoms with van der Waals surface area (Å²) >= 11 is 0. The predicted molar refractivity (Wildman–Crippen MR) is 60.6 cm³/mol.